The molecule has 10 heteroatoms. The second-order valence-electron chi connectivity index (χ2n) is 7.08. The van der Waals surface area contributed by atoms with E-state index < -0.39 is 0 Å². The summed E-state index contributed by atoms with van der Waals surface area (Å²) in [7, 11) is 0. The number of nitrogens with zero attached hydrogens (tertiary/aromatic N) is 3. The Morgan fingerprint density at radius 2 is 1.79 bits per heavy atom. The molecule has 0 saturated heterocycles. The van der Waals surface area contributed by atoms with Crippen molar-refractivity contribution < 1.29 is 14.3 Å². The normalized spacial score (nSPS) is 11.6. The monoisotopic (exact) mass is 487 g/mol. The van der Waals surface area contributed by atoms with Gasteiger partial charge in [0.25, 0.3) is 5.91 Å². The molecule has 33 heavy (non-hydrogen) atoms. The van der Waals surface area contributed by atoms with E-state index in [1.165, 1.54) is 11.8 Å². The number of anilines is 1. The summed E-state index contributed by atoms with van der Waals surface area (Å²) in [6, 6.07) is 13.5. The minimum absolute atomic E-state index is 0.152. The van der Waals surface area contributed by atoms with Crippen LogP contribution in [0.2, 0.25) is 5.02 Å². The third-order valence-electron chi connectivity index (χ3n) is 4.68. The van der Waals surface area contributed by atoms with Gasteiger partial charge in [0.15, 0.2) is 11.0 Å². The zero-order valence-corrected chi connectivity index (χ0v) is 20.2. The third-order valence-corrected chi connectivity index (χ3v) is 5.90. The molecule has 0 aliphatic heterocycles. The molecular weight excluding hydrogens is 462 g/mol. The molecule has 1 unspecified atom stereocenters. The molecule has 3 aromatic rings. The first-order chi connectivity index (χ1) is 15.9. The molecule has 2 aromatic carbocycles. The van der Waals surface area contributed by atoms with Gasteiger partial charge in [-0.15, -0.1) is 10.2 Å². The molecule has 0 spiro atoms. The van der Waals surface area contributed by atoms with E-state index in [-0.39, 0.29) is 23.6 Å². The van der Waals surface area contributed by atoms with Gasteiger partial charge in [-0.05, 0) is 69.3 Å². The summed E-state index contributed by atoms with van der Waals surface area (Å²) in [5, 5.41) is 15.4. The molecule has 0 fully saturated rings. The fourth-order valence-corrected chi connectivity index (χ4v) is 4.03. The molecular formula is C23H26ClN5O3S. The van der Waals surface area contributed by atoms with E-state index in [1.54, 1.807) is 36.4 Å². The Bertz CT molecular complexity index is 1090. The van der Waals surface area contributed by atoms with E-state index in [9.17, 15) is 9.59 Å². The molecule has 2 amide bonds. The largest absolute Gasteiger partial charge is 0.494 e. The summed E-state index contributed by atoms with van der Waals surface area (Å²) in [4.78, 5) is 24.9. The Morgan fingerprint density at radius 1 is 1.09 bits per heavy atom. The van der Waals surface area contributed by atoms with Crippen LogP contribution in [-0.4, -0.2) is 38.9 Å². The van der Waals surface area contributed by atoms with Crippen LogP contribution in [0.25, 0.3) is 0 Å². The number of hydrogen-bond donors (Lipinski definition) is 2. The summed E-state index contributed by atoms with van der Waals surface area (Å²) in [6.45, 7) is 6.92. The maximum Gasteiger partial charge on any atom is 0.251 e. The van der Waals surface area contributed by atoms with Gasteiger partial charge in [-0.1, -0.05) is 23.4 Å². The summed E-state index contributed by atoms with van der Waals surface area (Å²) >= 11 is 7.18. The van der Waals surface area contributed by atoms with Crippen molar-refractivity contribution in [3.8, 4) is 5.75 Å². The fourth-order valence-electron chi connectivity index (χ4n) is 3.10. The molecule has 1 aromatic heterocycles. The smallest absolute Gasteiger partial charge is 0.251 e. The van der Waals surface area contributed by atoms with Gasteiger partial charge in [0.1, 0.15) is 5.75 Å². The lowest BCUT2D eigenvalue weighted by Crippen LogP contribution is -2.28. The second-order valence-corrected chi connectivity index (χ2v) is 8.46. The van der Waals surface area contributed by atoms with Gasteiger partial charge in [0.2, 0.25) is 5.91 Å². The van der Waals surface area contributed by atoms with Gasteiger partial charge in [0.05, 0.1) is 18.4 Å². The number of carbonyl (C=O) groups is 2. The molecule has 0 aliphatic rings. The predicted molar refractivity (Wildman–Crippen MR) is 130 cm³/mol. The number of aromatic nitrogens is 3. The van der Waals surface area contributed by atoms with Crippen molar-refractivity contribution in [1.29, 1.82) is 0 Å². The number of carbonyl (C=O) groups excluding carboxylic acids is 2. The van der Waals surface area contributed by atoms with Crippen LogP contribution in [0.1, 0.15) is 43.0 Å². The molecule has 0 aliphatic carbocycles. The first kappa shape index (κ1) is 24.6. The lowest BCUT2D eigenvalue weighted by Gasteiger charge is -2.15. The van der Waals surface area contributed by atoms with Crippen LogP contribution in [-0.2, 0) is 11.3 Å². The van der Waals surface area contributed by atoms with Crippen molar-refractivity contribution in [3.63, 3.8) is 0 Å². The summed E-state index contributed by atoms with van der Waals surface area (Å²) in [5.74, 6) is 1.17. The van der Waals surface area contributed by atoms with E-state index in [1.807, 2.05) is 37.5 Å². The number of thioether (sulfide) groups is 1. The van der Waals surface area contributed by atoms with Gasteiger partial charge in [-0.3, -0.25) is 9.59 Å². The molecule has 1 atom stereocenters. The average Bonchev–Trinajstić information content (AvgIpc) is 3.22. The van der Waals surface area contributed by atoms with E-state index in [4.69, 9.17) is 16.3 Å². The van der Waals surface area contributed by atoms with Crippen molar-refractivity contribution >= 4 is 40.9 Å². The van der Waals surface area contributed by atoms with E-state index >= 15 is 0 Å². The Balaban J connectivity index is 1.58. The standard InChI is InChI=1S/C23H26ClN5O3S/c1-4-29-21(15(3)25-22(31)16-6-8-17(24)9-7-16)27-28-23(29)33-14-20(30)26-18-10-12-19(13-11-18)32-5-2/h6-13,15H,4-5,14H2,1-3H3,(H,25,31)(H,26,30). The Morgan fingerprint density at radius 3 is 2.42 bits per heavy atom. The molecule has 0 saturated carbocycles. The molecule has 174 valence electrons. The van der Waals surface area contributed by atoms with Crippen molar-refractivity contribution in [3.05, 3.63) is 64.9 Å². The maximum atomic E-state index is 12.5. The van der Waals surface area contributed by atoms with Crippen LogP contribution in [0.15, 0.2) is 53.7 Å². The van der Waals surface area contributed by atoms with Crippen LogP contribution >= 0.6 is 23.4 Å². The zero-order valence-electron chi connectivity index (χ0n) is 18.7. The van der Waals surface area contributed by atoms with Gasteiger partial charge < -0.3 is 19.9 Å². The third kappa shape index (κ3) is 6.72. The molecule has 3 rings (SSSR count). The minimum Gasteiger partial charge on any atom is -0.494 e. The van der Waals surface area contributed by atoms with Gasteiger partial charge in [-0.25, -0.2) is 0 Å². The van der Waals surface area contributed by atoms with Gasteiger partial charge in [0, 0.05) is 22.8 Å². The summed E-state index contributed by atoms with van der Waals surface area (Å²) in [6.07, 6.45) is 0. The van der Waals surface area contributed by atoms with E-state index in [0.29, 0.717) is 40.4 Å². The quantitative estimate of drug-likeness (QED) is 0.406. The van der Waals surface area contributed by atoms with Crippen LogP contribution in [0.4, 0.5) is 5.69 Å². The lowest BCUT2D eigenvalue weighted by molar-refractivity contribution is -0.113. The van der Waals surface area contributed by atoms with E-state index in [0.717, 1.165) is 5.75 Å². The Hall–Kier alpha value is -3.04. The highest BCUT2D eigenvalue weighted by atomic mass is 35.5. The highest BCUT2D eigenvalue weighted by Crippen LogP contribution is 2.22. The SMILES string of the molecule is CCOc1ccc(NC(=O)CSc2nnc(C(C)NC(=O)c3ccc(Cl)cc3)n2CC)cc1. The average molecular weight is 488 g/mol. The first-order valence-electron chi connectivity index (χ1n) is 10.6. The highest BCUT2D eigenvalue weighted by Gasteiger charge is 2.20. The maximum absolute atomic E-state index is 12.5. The van der Waals surface area contributed by atoms with Crippen molar-refractivity contribution in [2.75, 3.05) is 17.7 Å². The topological polar surface area (TPSA) is 98.1 Å². The van der Waals surface area contributed by atoms with E-state index in [2.05, 4.69) is 20.8 Å². The molecule has 8 nitrogen and oxygen atoms in total. The van der Waals surface area contributed by atoms with Crippen molar-refractivity contribution in [2.45, 2.75) is 38.5 Å². The minimum atomic E-state index is -0.368. The van der Waals surface area contributed by atoms with Crippen LogP contribution < -0.4 is 15.4 Å². The second kappa shape index (κ2) is 11.7. The lowest BCUT2D eigenvalue weighted by atomic mass is 10.2. The first-order valence-corrected chi connectivity index (χ1v) is 11.9. The number of amides is 2. The highest BCUT2D eigenvalue weighted by molar-refractivity contribution is 7.99. The summed E-state index contributed by atoms with van der Waals surface area (Å²) < 4.78 is 7.30. The van der Waals surface area contributed by atoms with Crippen molar-refractivity contribution in [2.24, 2.45) is 0 Å². The van der Waals surface area contributed by atoms with Crippen molar-refractivity contribution in [1.82, 2.24) is 20.1 Å². The predicted octanol–water partition coefficient (Wildman–Crippen LogP) is 4.57. The molecule has 1 heterocycles. The number of benzene rings is 2. The summed E-state index contributed by atoms with van der Waals surface area (Å²) in [5.41, 5.74) is 1.20. The number of nitrogens with one attached hydrogen (secondary N) is 2. The molecule has 0 radical (unpaired) electrons. The molecule has 2 N–H and O–H groups in total. The number of ether oxygens (including phenoxy) is 1. The Kier molecular flexibility index (Phi) is 8.73. The number of hydrogen-bond acceptors (Lipinski definition) is 6. The fraction of sp³-hybridized carbons (Fsp3) is 0.304. The van der Waals surface area contributed by atoms with Gasteiger partial charge >= 0.3 is 0 Å². The van der Waals surface area contributed by atoms with Crippen LogP contribution in [0.5, 0.6) is 5.75 Å². The zero-order chi connectivity index (χ0) is 23.8. The molecule has 0 bridgehead atoms. The number of rotatable bonds is 10. The number of halogens is 1. The van der Waals surface area contributed by atoms with Gasteiger partial charge in [-0.2, -0.15) is 0 Å². The van der Waals surface area contributed by atoms with Crippen LogP contribution in [0.3, 0.4) is 0 Å². The Labute approximate surface area is 202 Å². The van der Waals surface area contributed by atoms with Crippen LogP contribution in [0, 0.1) is 0 Å².